The summed E-state index contributed by atoms with van der Waals surface area (Å²) >= 11 is 1.43. The number of urea groups is 1. The van der Waals surface area contributed by atoms with Gasteiger partial charge in [-0.2, -0.15) is 0 Å². The molecular weight excluding hydrogens is 314 g/mol. The standard InChI is InChI=1S/C16H17N3O3S/c1-10(20)11-4-2-5-12(8-11)18-15(21)9-13(19-16(17)22)14-6-3-7-23-14/h2-8,13H,9H2,1H3,(H,18,21)(H3,17,19,22). The van der Waals surface area contributed by atoms with Crippen LogP contribution < -0.4 is 16.4 Å². The van der Waals surface area contributed by atoms with Gasteiger partial charge in [0.1, 0.15) is 0 Å². The van der Waals surface area contributed by atoms with Crippen LogP contribution in [0.1, 0.15) is 34.6 Å². The molecule has 3 amide bonds. The molecule has 0 bridgehead atoms. The normalized spacial score (nSPS) is 11.5. The Bertz CT molecular complexity index is 713. The number of hydrogen-bond acceptors (Lipinski definition) is 4. The summed E-state index contributed by atoms with van der Waals surface area (Å²) in [6, 6.07) is 9.19. The summed E-state index contributed by atoms with van der Waals surface area (Å²) in [6.45, 7) is 1.46. The summed E-state index contributed by atoms with van der Waals surface area (Å²) in [7, 11) is 0. The maximum Gasteiger partial charge on any atom is 0.312 e. The van der Waals surface area contributed by atoms with Gasteiger partial charge in [-0.25, -0.2) is 4.79 Å². The molecule has 2 rings (SSSR count). The molecule has 6 nitrogen and oxygen atoms in total. The van der Waals surface area contributed by atoms with Crippen molar-refractivity contribution in [3.05, 3.63) is 52.2 Å². The second kappa shape index (κ2) is 7.55. The van der Waals surface area contributed by atoms with E-state index in [9.17, 15) is 14.4 Å². The predicted molar refractivity (Wildman–Crippen MR) is 89.5 cm³/mol. The van der Waals surface area contributed by atoms with Crippen LogP contribution in [0.4, 0.5) is 10.5 Å². The third-order valence-corrected chi connectivity index (χ3v) is 4.13. The molecule has 1 aromatic carbocycles. The summed E-state index contributed by atoms with van der Waals surface area (Å²) in [4.78, 5) is 35.5. The third kappa shape index (κ3) is 4.93. The van der Waals surface area contributed by atoms with Crippen LogP contribution in [0.5, 0.6) is 0 Å². The molecule has 0 aliphatic heterocycles. The molecule has 120 valence electrons. The number of amides is 3. The molecule has 0 saturated heterocycles. The van der Waals surface area contributed by atoms with Crippen LogP contribution in [0.2, 0.25) is 0 Å². The molecule has 1 aromatic heterocycles. The summed E-state index contributed by atoms with van der Waals surface area (Å²) in [6.07, 6.45) is 0.0494. The van der Waals surface area contributed by atoms with Crippen LogP contribution in [-0.2, 0) is 4.79 Å². The number of nitrogens with two attached hydrogens (primary N) is 1. The molecule has 23 heavy (non-hydrogen) atoms. The van der Waals surface area contributed by atoms with Crippen LogP contribution >= 0.6 is 11.3 Å². The molecule has 1 heterocycles. The van der Waals surface area contributed by atoms with E-state index in [1.807, 2.05) is 17.5 Å². The van der Waals surface area contributed by atoms with Crippen molar-refractivity contribution in [1.29, 1.82) is 0 Å². The molecule has 0 aliphatic carbocycles. The fourth-order valence-electron chi connectivity index (χ4n) is 2.10. The Morgan fingerprint density at radius 2 is 2.00 bits per heavy atom. The summed E-state index contributed by atoms with van der Waals surface area (Å²) in [5.74, 6) is -0.356. The Kier molecular flexibility index (Phi) is 5.48. The molecule has 0 spiro atoms. The predicted octanol–water partition coefficient (Wildman–Crippen LogP) is 2.69. The molecule has 1 atom stereocenters. The van der Waals surface area contributed by atoms with E-state index in [-0.39, 0.29) is 18.1 Å². The first-order chi connectivity index (χ1) is 11.0. The van der Waals surface area contributed by atoms with Crippen molar-refractivity contribution >= 4 is 34.7 Å². The van der Waals surface area contributed by atoms with Crippen LogP contribution in [0.25, 0.3) is 0 Å². The van der Waals surface area contributed by atoms with Crippen molar-refractivity contribution < 1.29 is 14.4 Å². The van der Waals surface area contributed by atoms with Crippen LogP contribution in [-0.4, -0.2) is 17.7 Å². The highest BCUT2D eigenvalue weighted by Gasteiger charge is 2.18. The zero-order chi connectivity index (χ0) is 16.8. The highest BCUT2D eigenvalue weighted by molar-refractivity contribution is 7.10. The van der Waals surface area contributed by atoms with Gasteiger partial charge in [0.2, 0.25) is 5.91 Å². The SMILES string of the molecule is CC(=O)c1cccc(NC(=O)CC(NC(N)=O)c2cccs2)c1. The number of benzene rings is 1. The smallest absolute Gasteiger partial charge is 0.312 e. The lowest BCUT2D eigenvalue weighted by atomic mass is 10.1. The van der Waals surface area contributed by atoms with Gasteiger partial charge in [0.05, 0.1) is 12.5 Å². The first kappa shape index (κ1) is 16.7. The highest BCUT2D eigenvalue weighted by Crippen LogP contribution is 2.22. The number of ketones is 1. The van der Waals surface area contributed by atoms with Crippen molar-refractivity contribution in [3.8, 4) is 0 Å². The fourth-order valence-corrected chi connectivity index (χ4v) is 2.88. The average molecular weight is 331 g/mol. The summed E-state index contributed by atoms with van der Waals surface area (Å²) < 4.78 is 0. The molecule has 1 unspecified atom stereocenters. The maximum absolute atomic E-state index is 12.2. The van der Waals surface area contributed by atoms with E-state index in [1.165, 1.54) is 18.3 Å². The maximum atomic E-state index is 12.2. The number of Topliss-reactive ketones (excluding diaryl/α,β-unsaturated/α-hetero) is 1. The first-order valence-corrected chi connectivity index (χ1v) is 7.84. The van der Waals surface area contributed by atoms with E-state index in [0.29, 0.717) is 11.3 Å². The first-order valence-electron chi connectivity index (χ1n) is 6.96. The van der Waals surface area contributed by atoms with Gasteiger partial charge < -0.3 is 16.4 Å². The van der Waals surface area contributed by atoms with Crippen LogP contribution in [0.15, 0.2) is 41.8 Å². The lowest BCUT2D eigenvalue weighted by Gasteiger charge is -2.16. The van der Waals surface area contributed by atoms with Crippen LogP contribution in [0, 0.1) is 0 Å². The monoisotopic (exact) mass is 331 g/mol. The Hall–Kier alpha value is -2.67. The van der Waals surface area contributed by atoms with Crippen molar-refractivity contribution in [2.75, 3.05) is 5.32 Å². The van der Waals surface area contributed by atoms with E-state index in [4.69, 9.17) is 5.73 Å². The Morgan fingerprint density at radius 3 is 2.61 bits per heavy atom. The number of carbonyl (C=O) groups excluding carboxylic acids is 3. The number of rotatable bonds is 6. The molecule has 7 heteroatoms. The lowest BCUT2D eigenvalue weighted by molar-refractivity contribution is -0.116. The van der Waals surface area contributed by atoms with E-state index in [1.54, 1.807) is 24.3 Å². The minimum Gasteiger partial charge on any atom is -0.352 e. The van der Waals surface area contributed by atoms with E-state index >= 15 is 0 Å². The van der Waals surface area contributed by atoms with Gasteiger partial charge in [0.25, 0.3) is 0 Å². The Balaban J connectivity index is 2.06. The second-order valence-electron chi connectivity index (χ2n) is 4.97. The Labute approximate surface area is 137 Å². The Morgan fingerprint density at radius 1 is 1.22 bits per heavy atom. The largest absolute Gasteiger partial charge is 0.352 e. The molecule has 2 aromatic rings. The van der Waals surface area contributed by atoms with Gasteiger partial charge in [-0.05, 0) is 30.5 Å². The second-order valence-corrected chi connectivity index (χ2v) is 5.95. The zero-order valence-corrected chi connectivity index (χ0v) is 13.4. The quantitative estimate of drug-likeness (QED) is 0.709. The number of anilines is 1. The van der Waals surface area contributed by atoms with Gasteiger partial charge in [-0.1, -0.05) is 18.2 Å². The number of thiophene rings is 1. The minimum atomic E-state index is -0.685. The van der Waals surface area contributed by atoms with Gasteiger partial charge in [0, 0.05) is 16.1 Å². The van der Waals surface area contributed by atoms with Crippen molar-refractivity contribution in [1.82, 2.24) is 5.32 Å². The molecule has 0 fully saturated rings. The van der Waals surface area contributed by atoms with Crippen molar-refractivity contribution in [2.24, 2.45) is 5.73 Å². The molecule has 0 aliphatic rings. The third-order valence-electron chi connectivity index (χ3n) is 3.15. The summed E-state index contributed by atoms with van der Waals surface area (Å²) in [5, 5.41) is 7.15. The molecule has 0 radical (unpaired) electrons. The highest BCUT2D eigenvalue weighted by atomic mass is 32.1. The fraction of sp³-hybridized carbons (Fsp3) is 0.188. The molecule has 4 N–H and O–H groups in total. The zero-order valence-electron chi connectivity index (χ0n) is 12.5. The van der Waals surface area contributed by atoms with E-state index in [2.05, 4.69) is 10.6 Å². The average Bonchev–Trinajstić information content (AvgIpc) is 3.00. The minimum absolute atomic E-state index is 0.0494. The van der Waals surface area contributed by atoms with E-state index < -0.39 is 12.1 Å². The number of hydrogen-bond donors (Lipinski definition) is 3. The van der Waals surface area contributed by atoms with Gasteiger partial charge in [-0.3, -0.25) is 9.59 Å². The van der Waals surface area contributed by atoms with Gasteiger partial charge >= 0.3 is 6.03 Å². The molecular formula is C16H17N3O3S. The van der Waals surface area contributed by atoms with Gasteiger partial charge in [-0.15, -0.1) is 11.3 Å². The topological polar surface area (TPSA) is 101 Å². The van der Waals surface area contributed by atoms with E-state index in [0.717, 1.165) is 4.88 Å². The number of carbonyl (C=O) groups is 3. The number of nitrogens with one attached hydrogen (secondary N) is 2. The molecule has 0 saturated carbocycles. The number of primary amides is 1. The summed E-state index contributed by atoms with van der Waals surface area (Å²) in [5.41, 5.74) is 6.22. The van der Waals surface area contributed by atoms with Gasteiger partial charge in [0.15, 0.2) is 5.78 Å². The van der Waals surface area contributed by atoms with Crippen molar-refractivity contribution in [2.45, 2.75) is 19.4 Å². The van der Waals surface area contributed by atoms with Crippen LogP contribution in [0.3, 0.4) is 0 Å². The lowest BCUT2D eigenvalue weighted by Crippen LogP contribution is -2.34. The van der Waals surface area contributed by atoms with Crippen molar-refractivity contribution in [3.63, 3.8) is 0 Å².